The molecule has 0 saturated heterocycles. The lowest BCUT2D eigenvalue weighted by molar-refractivity contribution is 0.610. The van der Waals surface area contributed by atoms with Gasteiger partial charge in [-0.05, 0) is 29.9 Å². The van der Waals surface area contributed by atoms with E-state index in [1.807, 2.05) is 6.07 Å². The summed E-state index contributed by atoms with van der Waals surface area (Å²) in [5.74, 6) is 0.812. The molecule has 0 fully saturated rings. The van der Waals surface area contributed by atoms with Gasteiger partial charge in [0.05, 0.1) is 0 Å². The van der Waals surface area contributed by atoms with E-state index in [2.05, 4.69) is 13.8 Å². The van der Waals surface area contributed by atoms with Crippen molar-refractivity contribution in [2.75, 3.05) is 5.75 Å². The van der Waals surface area contributed by atoms with E-state index in [-0.39, 0.29) is 17.1 Å². The first-order valence-corrected chi connectivity index (χ1v) is 6.36. The molecule has 0 aromatic heterocycles. The van der Waals surface area contributed by atoms with Gasteiger partial charge in [-0.3, -0.25) is 0 Å². The third-order valence-corrected chi connectivity index (χ3v) is 3.70. The van der Waals surface area contributed by atoms with Crippen LogP contribution in [0.25, 0.3) is 0 Å². The van der Waals surface area contributed by atoms with E-state index in [0.717, 1.165) is 17.7 Å². The molecule has 1 rings (SSSR count). The number of nitrogens with two attached hydrogens (primary N) is 1. The fourth-order valence-electron chi connectivity index (χ4n) is 1.54. The molecule has 0 aliphatic heterocycles. The van der Waals surface area contributed by atoms with Gasteiger partial charge in [-0.1, -0.05) is 26.0 Å². The highest BCUT2D eigenvalue weighted by Crippen LogP contribution is 2.32. The predicted molar refractivity (Wildman–Crippen MR) is 65.5 cm³/mol. The van der Waals surface area contributed by atoms with Crippen LogP contribution in [0.15, 0.2) is 24.3 Å². The summed E-state index contributed by atoms with van der Waals surface area (Å²) in [6.45, 7) is 4.16. The minimum atomic E-state index is -0.183. The summed E-state index contributed by atoms with van der Waals surface area (Å²) in [6, 6.07) is 6.84. The van der Waals surface area contributed by atoms with Crippen molar-refractivity contribution in [3.05, 3.63) is 35.6 Å². The SMILES string of the molecule is CCSC(c1cccc(F)c1)C(N)CC. The number of rotatable bonds is 5. The molecule has 1 aromatic rings. The third kappa shape index (κ3) is 3.50. The zero-order valence-corrected chi connectivity index (χ0v) is 10.1. The van der Waals surface area contributed by atoms with Gasteiger partial charge in [0, 0.05) is 11.3 Å². The van der Waals surface area contributed by atoms with Crippen molar-refractivity contribution in [3.63, 3.8) is 0 Å². The van der Waals surface area contributed by atoms with Gasteiger partial charge in [-0.25, -0.2) is 4.39 Å². The zero-order valence-electron chi connectivity index (χ0n) is 9.24. The van der Waals surface area contributed by atoms with Gasteiger partial charge < -0.3 is 5.73 Å². The van der Waals surface area contributed by atoms with Crippen LogP contribution in [-0.2, 0) is 0 Å². The van der Waals surface area contributed by atoms with E-state index in [1.54, 1.807) is 23.9 Å². The molecule has 15 heavy (non-hydrogen) atoms. The summed E-state index contributed by atoms with van der Waals surface area (Å²) in [5, 5.41) is 0.204. The minimum Gasteiger partial charge on any atom is -0.326 e. The molecular formula is C12H18FNS. The summed E-state index contributed by atoms with van der Waals surface area (Å²) >= 11 is 1.78. The van der Waals surface area contributed by atoms with Gasteiger partial charge in [0.2, 0.25) is 0 Å². The standard InChI is InChI=1S/C12H18FNS/c1-3-11(14)12(15-4-2)9-6-5-7-10(13)8-9/h5-8,11-12H,3-4,14H2,1-2H3. The van der Waals surface area contributed by atoms with Gasteiger partial charge >= 0.3 is 0 Å². The van der Waals surface area contributed by atoms with Crippen molar-refractivity contribution in [2.45, 2.75) is 31.6 Å². The second kappa shape index (κ2) is 6.13. The van der Waals surface area contributed by atoms with Crippen molar-refractivity contribution in [1.29, 1.82) is 0 Å². The molecule has 0 aliphatic rings. The average Bonchev–Trinajstić information content (AvgIpc) is 2.25. The van der Waals surface area contributed by atoms with Crippen molar-refractivity contribution in [2.24, 2.45) is 5.73 Å². The Bertz CT molecular complexity index is 303. The Labute approximate surface area is 95.2 Å². The van der Waals surface area contributed by atoms with E-state index in [4.69, 9.17) is 5.73 Å². The normalized spacial score (nSPS) is 14.9. The fourth-order valence-corrected chi connectivity index (χ4v) is 2.68. The maximum absolute atomic E-state index is 13.1. The lowest BCUT2D eigenvalue weighted by atomic mass is 10.0. The highest BCUT2D eigenvalue weighted by molar-refractivity contribution is 7.99. The molecule has 0 bridgehead atoms. The second-order valence-corrected chi connectivity index (χ2v) is 4.92. The van der Waals surface area contributed by atoms with Crippen LogP contribution < -0.4 is 5.73 Å². The molecule has 0 radical (unpaired) electrons. The van der Waals surface area contributed by atoms with Crippen LogP contribution in [0.5, 0.6) is 0 Å². The fraction of sp³-hybridized carbons (Fsp3) is 0.500. The van der Waals surface area contributed by atoms with Crippen LogP contribution in [0, 0.1) is 5.82 Å². The van der Waals surface area contributed by atoms with E-state index in [1.165, 1.54) is 6.07 Å². The number of benzene rings is 1. The van der Waals surface area contributed by atoms with Crippen LogP contribution in [0.3, 0.4) is 0 Å². The number of halogens is 1. The maximum Gasteiger partial charge on any atom is 0.123 e. The first-order valence-electron chi connectivity index (χ1n) is 5.31. The van der Waals surface area contributed by atoms with Gasteiger partial charge in [-0.2, -0.15) is 11.8 Å². The monoisotopic (exact) mass is 227 g/mol. The van der Waals surface area contributed by atoms with Crippen LogP contribution in [0.2, 0.25) is 0 Å². The highest BCUT2D eigenvalue weighted by atomic mass is 32.2. The molecule has 0 heterocycles. The lowest BCUT2D eigenvalue weighted by Crippen LogP contribution is -2.25. The Hall–Kier alpha value is -0.540. The molecule has 0 aliphatic carbocycles. The molecule has 2 N–H and O–H groups in total. The van der Waals surface area contributed by atoms with Crippen molar-refractivity contribution >= 4 is 11.8 Å². The molecule has 0 spiro atoms. The summed E-state index contributed by atoms with van der Waals surface area (Å²) in [6.07, 6.45) is 0.911. The molecule has 84 valence electrons. The second-order valence-electron chi connectivity index (χ2n) is 3.50. The van der Waals surface area contributed by atoms with Crippen molar-refractivity contribution in [3.8, 4) is 0 Å². The maximum atomic E-state index is 13.1. The zero-order chi connectivity index (χ0) is 11.3. The molecule has 0 amide bonds. The van der Waals surface area contributed by atoms with Crippen LogP contribution >= 0.6 is 11.8 Å². The Morgan fingerprint density at radius 1 is 1.40 bits per heavy atom. The predicted octanol–water partition coefficient (Wildman–Crippen LogP) is 3.36. The first-order chi connectivity index (χ1) is 7.19. The van der Waals surface area contributed by atoms with Crippen molar-refractivity contribution in [1.82, 2.24) is 0 Å². The third-order valence-electron chi connectivity index (χ3n) is 2.38. The summed E-state index contributed by atoms with van der Waals surface area (Å²) in [7, 11) is 0. The van der Waals surface area contributed by atoms with E-state index < -0.39 is 0 Å². The van der Waals surface area contributed by atoms with Gasteiger partial charge in [0.1, 0.15) is 5.82 Å². The first kappa shape index (κ1) is 12.5. The Balaban J connectivity index is 2.88. The largest absolute Gasteiger partial charge is 0.326 e. The van der Waals surface area contributed by atoms with Crippen LogP contribution in [-0.4, -0.2) is 11.8 Å². The Morgan fingerprint density at radius 3 is 2.67 bits per heavy atom. The molecule has 2 unspecified atom stereocenters. The summed E-state index contributed by atoms with van der Waals surface area (Å²) < 4.78 is 13.1. The topological polar surface area (TPSA) is 26.0 Å². The number of hydrogen-bond donors (Lipinski definition) is 1. The number of thioether (sulfide) groups is 1. The molecule has 3 heteroatoms. The van der Waals surface area contributed by atoms with Gasteiger partial charge in [0.25, 0.3) is 0 Å². The van der Waals surface area contributed by atoms with Gasteiger partial charge in [-0.15, -0.1) is 0 Å². The Morgan fingerprint density at radius 2 is 2.13 bits per heavy atom. The van der Waals surface area contributed by atoms with E-state index >= 15 is 0 Å². The van der Waals surface area contributed by atoms with E-state index in [0.29, 0.717) is 0 Å². The smallest absolute Gasteiger partial charge is 0.123 e. The molecular weight excluding hydrogens is 209 g/mol. The van der Waals surface area contributed by atoms with Crippen LogP contribution in [0.4, 0.5) is 4.39 Å². The molecule has 1 aromatic carbocycles. The van der Waals surface area contributed by atoms with E-state index in [9.17, 15) is 4.39 Å². The molecule has 2 atom stereocenters. The minimum absolute atomic E-state index is 0.0942. The van der Waals surface area contributed by atoms with Crippen LogP contribution in [0.1, 0.15) is 31.1 Å². The van der Waals surface area contributed by atoms with Gasteiger partial charge in [0.15, 0.2) is 0 Å². The van der Waals surface area contributed by atoms with Crippen molar-refractivity contribution < 1.29 is 4.39 Å². The molecule has 0 saturated carbocycles. The highest BCUT2D eigenvalue weighted by Gasteiger charge is 2.18. The average molecular weight is 227 g/mol. The quantitative estimate of drug-likeness (QED) is 0.834. The summed E-state index contributed by atoms with van der Waals surface area (Å²) in [5.41, 5.74) is 7.04. The number of hydrogen-bond acceptors (Lipinski definition) is 2. The summed E-state index contributed by atoms with van der Waals surface area (Å²) in [4.78, 5) is 0. The Kier molecular flexibility index (Phi) is 5.12. The lowest BCUT2D eigenvalue weighted by Gasteiger charge is -2.22. The molecule has 1 nitrogen and oxygen atoms in total.